The summed E-state index contributed by atoms with van der Waals surface area (Å²) in [5.41, 5.74) is 0.731. The van der Waals surface area contributed by atoms with E-state index in [-0.39, 0.29) is 27.0 Å². The Morgan fingerprint density at radius 2 is 1.50 bits per heavy atom. The van der Waals surface area contributed by atoms with Crippen LogP contribution in [0.25, 0.3) is 0 Å². The van der Waals surface area contributed by atoms with Gasteiger partial charge in [-0.25, -0.2) is 16.8 Å². The number of amides is 1. The average Bonchev–Trinajstić information content (AvgIpc) is 2.82. The molecule has 1 amide bonds. The summed E-state index contributed by atoms with van der Waals surface area (Å²) in [6.45, 7) is -0.561. The molecule has 0 radical (unpaired) electrons. The van der Waals surface area contributed by atoms with Gasteiger partial charge in [-0.2, -0.15) is 0 Å². The first-order valence-electron chi connectivity index (χ1n) is 10.3. The van der Waals surface area contributed by atoms with Gasteiger partial charge < -0.3 is 14.8 Å². The van der Waals surface area contributed by atoms with E-state index in [1.807, 2.05) is 0 Å². The highest BCUT2D eigenvalue weighted by molar-refractivity contribution is 7.92. The molecule has 0 atom stereocenters. The summed E-state index contributed by atoms with van der Waals surface area (Å²) in [6.07, 6.45) is 0.954. The van der Waals surface area contributed by atoms with Gasteiger partial charge in [-0.1, -0.05) is 11.6 Å². The van der Waals surface area contributed by atoms with Crippen LogP contribution in [0.15, 0.2) is 71.6 Å². The highest BCUT2D eigenvalue weighted by Gasteiger charge is 2.24. The van der Waals surface area contributed by atoms with Crippen molar-refractivity contribution in [3.05, 3.63) is 71.8 Å². The van der Waals surface area contributed by atoms with Crippen molar-refractivity contribution in [3.8, 4) is 11.5 Å². The summed E-state index contributed by atoms with van der Waals surface area (Å²) >= 11 is 6.01. The Balaban J connectivity index is 1.73. The second-order valence-corrected chi connectivity index (χ2v) is 11.5. The zero-order valence-electron chi connectivity index (χ0n) is 19.6. The topological polar surface area (TPSA) is 131 Å². The van der Waals surface area contributed by atoms with Gasteiger partial charge in [0.15, 0.2) is 0 Å². The number of anilines is 3. The maximum absolute atomic E-state index is 12.7. The predicted molar refractivity (Wildman–Crippen MR) is 139 cm³/mol. The molecule has 0 fully saturated rings. The van der Waals surface area contributed by atoms with Crippen LogP contribution in [0.4, 0.5) is 17.1 Å². The Bertz CT molecular complexity index is 1440. The molecule has 2 N–H and O–H groups in total. The van der Waals surface area contributed by atoms with Gasteiger partial charge in [0.2, 0.25) is 15.9 Å². The molecule has 0 unspecified atom stereocenters. The van der Waals surface area contributed by atoms with Crippen molar-refractivity contribution >= 4 is 54.6 Å². The summed E-state index contributed by atoms with van der Waals surface area (Å²) in [7, 11) is -4.88. The number of nitrogens with one attached hydrogen (secondary N) is 2. The first kappa shape index (κ1) is 27.1. The lowest BCUT2D eigenvalue weighted by atomic mass is 10.3. The second-order valence-electron chi connectivity index (χ2n) is 7.49. The van der Waals surface area contributed by atoms with E-state index in [2.05, 4.69) is 10.0 Å². The van der Waals surface area contributed by atoms with Crippen molar-refractivity contribution in [1.82, 2.24) is 0 Å². The molecule has 3 aromatic carbocycles. The van der Waals surface area contributed by atoms with Gasteiger partial charge in [-0.05, 0) is 66.7 Å². The molecule has 192 valence electrons. The maximum atomic E-state index is 12.7. The van der Waals surface area contributed by atoms with Crippen LogP contribution in [0.5, 0.6) is 11.5 Å². The van der Waals surface area contributed by atoms with Crippen LogP contribution in [-0.4, -0.2) is 49.8 Å². The fourth-order valence-electron chi connectivity index (χ4n) is 3.16. The summed E-state index contributed by atoms with van der Waals surface area (Å²) in [6, 6.07) is 16.2. The van der Waals surface area contributed by atoms with Crippen molar-refractivity contribution in [2.24, 2.45) is 0 Å². The Morgan fingerprint density at radius 3 is 2.06 bits per heavy atom. The van der Waals surface area contributed by atoms with E-state index in [4.69, 9.17) is 21.1 Å². The van der Waals surface area contributed by atoms with Crippen LogP contribution in [-0.2, 0) is 24.8 Å². The molecule has 36 heavy (non-hydrogen) atoms. The van der Waals surface area contributed by atoms with Crippen molar-refractivity contribution in [2.75, 3.05) is 41.4 Å². The third-order valence-electron chi connectivity index (χ3n) is 4.89. The highest BCUT2D eigenvalue weighted by atomic mass is 35.5. The molecule has 0 aliphatic rings. The molecule has 0 spiro atoms. The third kappa shape index (κ3) is 6.80. The quantitative estimate of drug-likeness (QED) is 0.392. The Kier molecular flexibility index (Phi) is 8.33. The largest absolute Gasteiger partial charge is 0.497 e. The zero-order chi connectivity index (χ0) is 26.5. The number of carbonyl (C=O) groups excluding carboxylic acids is 1. The van der Waals surface area contributed by atoms with Crippen molar-refractivity contribution in [1.29, 1.82) is 0 Å². The summed E-state index contributed by atoms with van der Waals surface area (Å²) in [4.78, 5) is 12.6. The molecule has 0 aliphatic heterocycles. The Hall–Kier alpha value is -3.48. The van der Waals surface area contributed by atoms with Crippen molar-refractivity contribution < 1.29 is 31.1 Å². The lowest BCUT2D eigenvalue weighted by molar-refractivity contribution is -0.114. The molecule has 0 aliphatic carbocycles. The van der Waals surface area contributed by atoms with Crippen molar-refractivity contribution in [2.45, 2.75) is 4.90 Å². The molecule has 3 aromatic rings. The van der Waals surface area contributed by atoms with Gasteiger partial charge in [-0.15, -0.1) is 0 Å². The van der Waals surface area contributed by atoms with E-state index in [1.54, 1.807) is 24.3 Å². The number of hydrogen-bond donors (Lipinski definition) is 2. The number of carbonyl (C=O) groups is 1. The van der Waals surface area contributed by atoms with Gasteiger partial charge >= 0.3 is 0 Å². The van der Waals surface area contributed by atoms with E-state index in [1.165, 1.54) is 56.7 Å². The van der Waals surface area contributed by atoms with Gasteiger partial charge in [-0.3, -0.25) is 13.8 Å². The highest BCUT2D eigenvalue weighted by Crippen LogP contribution is 2.32. The number of benzene rings is 3. The number of rotatable bonds is 10. The normalized spacial score (nSPS) is 11.4. The van der Waals surface area contributed by atoms with Crippen LogP contribution in [0.1, 0.15) is 0 Å². The number of ether oxygens (including phenoxy) is 2. The molecule has 0 heterocycles. The molecule has 0 saturated heterocycles. The number of methoxy groups -OCH3 is 2. The second kappa shape index (κ2) is 11.1. The average molecular weight is 554 g/mol. The van der Waals surface area contributed by atoms with Gasteiger partial charge in [0, 0.05) is 16.4 Å². The Morgan fingerprint density at radius 1 is 0.889 bits per heavy atom. The van der Waals surface area contributed by atoms with Crippen LogP contribution >= 0.6 is 11.6 Å². The minimum atomic E-state index is -3.88. The SMILES string of the molecule is COc1ccc(NS(=O)(=O)c2ccc(NC(=O)CN(c3cc(Cl)ccc3OC)S(C)(=O)=O)cc2)cc1. The summed E-state index contributed by atoms with van der Waals surface area (Å²) < 4.78 is 63.7. The summed E-state index contributed by atoms with van der Waals surface area (Å²) in [5, 5.41) is 2.82. The molecule has 0 bridgehead atoms. The standard InChI is InChI=1S/C23H24ClN3O7S2/c1-33-19-9-5-18(6-10-19)26-36(31,32)20-11-7-17(8-12-20)25-23(28)15-27(35(3,29)30)21-14-16(24)4-13-22(21)34-2/h4-14,26H,15H2,1-3H3,(H,25,28). The first-order chi connectivity index (χ1) is 16.9. The van der Waals surface area contributed by atoms with E-state index < -0.39 is 32.5 Å². The van der Waals surface area contributed by atoms with E-state index in [9.17, 15) is 21.6 Å². The van der Waals surface area contributed by atoms with E-state index in [0.29, 0.717) is 11.4 Å². The molecular formula is C23H24ClN3O7S2. The maximum Gasteiger partial charge on any atom is 0.261 e. The molecule has 13 heteroatoms. The van der Waals surface area contributed by atoms with Crippen LogP contribution in [0, 0.1) is 0 Å². The molecule has 10 nitrogen and oxygen atoms in total. The number of nitrogens with zero attached hydrogens (tertiary/aromatic N) is 1. The summed E-state index contributed by atoms with van der Waals surface area (Å²) in [5.74, 6) is 0.146. The molecule has 0 saturated carbocycles. The van der Waals surface area contributed by atoms with Crippen LogP contribution in [0.2, 0.25) is 5.02 Å². The number of sulfonamides is 2. The number of hydrogen-bond acceptors (Lipinski definition) is 7. The van der Waals surface area contributed by atoms with E-state index in [0.717, 1.165) is 10.6 Å². The molecule has 0 aromatic heterocycles. The molecule has 3 rings (SSSR count). The zero-order valence-corrected chi connectivity index (χ0v) is 21.9. The van der Waals surface area contributed by atoms with Crippen LogP contribution < -0.4 is 23.8 Å². The first-order valence-corrected chi connectivity index (χ1v) is 14.0. The van der Waals surface area contributed by atoms with E-state index >= 15 is 0 Å². The van der Waals surface area contributed by atoms with Crippen LogP contribution in [0.3, 0.4) is 0 Å². The van der Waals surface area contributed by atoms with Crippen molar-refractivity contribution in [3.63, 3.8) is 0 Å². The monoisotopic (exact) mass is 553 g/mol. The lowest BCUT2D eigenvalue weighted by Gasteiger charge is -2.24. The third-order valence-corrected chi connectivity index (χ3v) is 7.65. The fourth-order valence-corrected chi connectivity index (χ4v) is 5.24. The molecular weight excluding hydrogens is 530 g/mol. The minimum absolute atomic E-state index is 0.0299. The minimum Gasteiger partial charge on any atom is -0.497 e. The van der Waals surface area contributed by atoms with Gasteiger partial charge in [0.05, 0.1) is 31.1 Å². The Labute approximate surface area is 214 Å². The number of halogens is 1. The lowest BCUT2D eigenvalue weighted by Crippen LogP contribution is -2.37. The predicted octanol–water partition coefficient (Wildman–Crippen LogP) is 3.56. The van der Waals surface area contributed by atoms with Gasteiger partial charge in [0.25, 0.3) is 10.0 Å². The smallest absolute Gasteiger partial charge is 0.261 e. The fraction of sp³-hybridized carbons (Fsp3) is 0.174. The van der Waals surface area contributed by atoms with Gasteiger partial charge in [0.1, 0.15) is 18.0 Å².